The minimum Gasteiger partial charge on any atom is -0.228 e. The topological polar surface area (TPSA) is 25.8 Å². The van der Waals surface area contributed by atoms with Crippen LogP contribution in [0.15, 0.2) is 182 Å². The number of fused-ring (bicyclic) bond motifs is 8. The molecule has 0 bridgehead atoms. The van der Waals surface area contributed by atoms with E-state index in [0.717, 1.165) is 33.5 Å². The van der Waals surface area contributed by atoms with Crippen molar-refractivity contribution in [3.63, 3.8) is 0 Å². The Balaban J connectivity index is 1.16. The van der Waals surface area contributed by atoms with Gasteiger partial charge in [-0.1, -0.05) is 152 Å². The molecule has 0 unspecified atom stereocenters. The third-order valence-electron chi connectivity index (χ3n) is 10.7. The van der Waals surface area contributed by atoms with Gasteiger partial charge in [0, 0.05) is 36.9 Å². The smallest absolute Gasteiger partial charge is 0.160 e. The zero-order valence-corrected chi connectivity index (χ0v) is 29.4. The van der Waals surface area contributed by atoms with Crippen molar-refractivity contribution in [1.29, 1.82) is 0 Å². The van der Waals surface area contributed by atoms with Crippen LogP contribution in [0.1, 0.15) is 0 Å². The molecule has 0 aliphatic carbocycles. The molecule has 53 heavy (non-hydrogen) atoms. The molecule has 0 radical (unpaired) electrons. The van der Waals surface area contributed by atoms with E-state index in [4.69, 9.17) is 9.97 Å². The van der Waals surface area contributed by atoms with Crippen molar-refractivity contribution < 1.29 is 0 Å². The molecule has 0 fully saturated rings. The largest absolute Gasteiger partial charge is 0.228 e. The number of hydrogen-bond donors (Lipinski definition) is 0. The second-order valence-corrected chi connectivity index (χ2v) is 14.8. The van der Waals surface area contributed by atoms with Gasteiger partial charge in [-0.2, -0.15) is 0 Å². The van der Waals surface area contributed by atoms with Crippen LogP contribution in [0.25, 0.3) is 108 Å². The summed E-state index contributed by atoms with van der Waals surface area (Å²) in [6, 6.07) is 65.7. The molecule has 2 aromatic heterocycles. The van der Waals surface area contributed by atoms with Gasteiger partial charge in [0.1, 0.15) is 0 Å². The van der Waals surface area contributed by atoms with Crippen LogP contribution in [-0.4, -0.2) is 9.97 Å². The Hall–Kier alpha value is -6.68. The van der Waals surface area contributed by atoms with E-state index in [-0.39, 0.29) is 0 Å². The Morgan fingerprint density at radius 1 is 0.321 bits per heavy atom. The third-order valence-corrected chi connectivity index (χ3v) is 11.8. The summed E-state index contributed by atoms with van der Waals surface area (Å²) in [5.74, 6) is 0.716. The molecule has 0 aliphatic rings. The van der Waals surface area contributed by atoms with E-state index in [0.29, 0.717) is 5.82 Å². The van der Waals surface area contributed by atoms with Crippen molar-refractivity contribution in [2.24, 2.45) is 0 Å². The minimum absolute atomic E-state index is 0.716. The Labute approximate surface area is 310 Å². The van der Waals surface area contributed by atoms with Gasteiger partial charge in [0.2, 0.25) is 0 Å². The molecule has 0 N–H and O–H groups in total. The molecule has 2 heterocycles. The molecule has 9 aromatic carbocycles. The van der Waals surface area contributed by atoms with Crippen LogP contribution >= 0.6 is 11.3 Å². The van der Waals surface area contributed by atoms with Gasteiger partial charge in [0.05, 0.1) is 11.4 Å². The van der Waals surface area contributed by atoms with Gasteiger partial charge in [-0.3, -0.25) is 0 Å². The molecule has 11 aromatic rings. The maximum absolute atomic E-state index is 5.28. The highest BCUT2D eigenvalue weighted by Crippen LogP contribution is 2.44. The molecular weight excluding hydrogens is 661 g/mol. The Morgan fingerprint density at radius 2 is 0.962 bits per heavy atom. The Kier molecular flexibility index (Phi) is 6.76. The number of nitrogens with zero attached hydrogens (tertiary/aromatic N) is 2. The molecule has 3 heteroatoms. The molecule has 0 amide bonds. The van der Waals surface area contributed by atoms with Crippen LogP contribution in [-0.2, 0) is 0 Å². The van der Waals surface area contributed by atoms with Gasteiger partial charge in [0.15, 0.2) is 5.82 Å². The van der Waals surface area contributed by atoms with Gasteiger partial charge in [-0.15, -0.1) is 11.3 Å². The fraction of sp³-hybridized carbons (Fsp3) is 0. The summed E-state index contributed by atoms with van der Waals surface area (Å²) in [6.07, 6.45) is 0. The second kappa shape index (κ2) is 11.9. The molecule has 2 nitrogen and oxygen atoms in total. The molecule has 0 saturated carbocycles. The second-order valence-electron chi connectivity index (χ2n) is 13.7. The standard InChI is InChI=1S/C50H30N2S/c1-2-13-32(14-3-1)50-51-45(34-23-27-48-44(29-34)40-20-10-11-21-47(40)53-48)30-46(52-50)39-25-26-41(38-19-9-8-18-37(38)39)49-36-17-7-5-15-33(36)28-43-35-16-6-4-12-31(35)22-24-42(43)49/h1-30H. The van der Waals surface area contributed by atoms with Crippen LogP contribution in [0.2, 0.25) is 0 Å². The van der Waals surface area contributed by atoms with Gasteiger partial charge in [-0.05, 0) is 84.5 Å². The van der Waals surface area contributed by atoms with Gasteiger partial charge in [-0.25, -0.2) is 9.97 Å². The first-order valence-corrected chi connectivity index (χ1v) is 18.8. The lowest BCUT2D eigenvalue weighted by molar-refractivity contribution is 1.19. The highest BCUT2D eigenvalue weighted by Gasteiger charge is 2.18. The first-order valence-electron chi connectivity index (χ1n) is 18.0. The molecule has 0 spiro atoms. The van der Waals surface area contributed by atoms with E-state index in [2.05, 4.69) is 176 Å². The van der Waals surface area contributed by atoms with Gasteiger partial charge >= 0.3 is 0 Å². The summed E-state index contributed by atoms with van der Waals surface area (Å²) in [5, 5.41) is 12.4. The maximum atomic E-state index is 5.28. The number of benzene rings is 9. The Morgan fingerprint density at radius 3 is 1.81 bits per heavy atom. The molecular formula is C50H30N2S. The maximum Gasteiger partial charge on any atom is 0.160 e. The van der Waals surface area contributed by atoms with E-state index in [1.807, 2.05) is 17.4 Å². The molecule has 0 aliphatic heterocycles. The SMILES string of the molecule is c1ccc(-c2nc(-c3ccc4sc5ccccc5c4c3)cc(-c3ccc(-c4c5ccccc5cc5c4ccc4ccccc45)c4ccccc34)n2)cc1. The summed E-state index contributed by atoms with van der Waals surface area (Å²) in [4.78, 5) is 10.5. The van der Waals surface area contributed by atoms with Crippen molar-refractivity contribution in [2.45, 2.75) is 0 Å². The highest BCUT2D eigenvalue weighted by molar-refractivity contribution is 7.25. The van der Waals surface area contributed by atoms with Crippen LogP contribution in [0.4, 0.5) is 0 Å². The lowest BCUT2D eigenvalue weighted by atomic mass is 9.86. The molecule has 0 saturated heterocycles. The van der Waals surface area contributed by atoms with Gasteiger partial charge in [0.25, 0.3) is 0 Å². The van der Waals surface area contributed by atoms with Crippen molar-refractivity contribution in [2.75, 3.05) is 0 Å². The summed E-state index contributed by atoms with van der Waals surface area (Å²) < 4.78 is 2.58. The molecule has 246 valence electrons. The average molecular weight is 691 g/mol. The van der Waals surface area contributed by atoms with Crippen LogP contribution in [0.5, 0.6) is 0 Å². The van der Waals surface area contributed by atoms with Crippen molar-refractivity contribution >= 4 is 74.6 Å². The average Bonchev–Trinajstić information content (AvgIpc) is 3.61. The lowest BCUT2D eigenvalue weighted by Gasteiger charge is -2.17. The first kappa shape index (κ1) is 30.0. The van der Waals surface area contributed by atoms with Crippen molar-refractivity contribution in [3.8, 4) is 45.0 Å². The summed E-state index contributed by atoms with van der Waals surface area (Å²) in [6.45, 7) is 0. The number of rotatable bonds is 4. The number of thiophene rings is 1. The van der Waals surface area contributed by atoms with Crippen LogP contribution in [0.3, 0.4) is 0 Å². The van der Waals surface area contributed by atoms with E-state index in [1.54, 1.807) is 0 Å². The fourth-order valence-electron chi connectivity index (χ4n) is 8.19. The monoisotopic (exact) mass is 690 g/mol. The molecule has 11 rings (SSSR count). The van der Waals surface area contributed by atoms with Gasteiger partial charge < -0.3 is 0 Å². The van der Waals surface area contributed by atoms with Crippen LogP contribution < -0.4 is 0 Å². The number of hydrogen-bond acceptors (Lipinski definition) is 3. The number of aromatic nitrogens is 2. The fourth-order valence-corrected chi connectivity index (χ4v) is 9.27. The summed E-state index contributed by atoms with van der Waals surface area (Å²) >= 11 is 1.84. The highest BCUT2D eigenvalue weighted by atomic mass is 32.1. The van der Waals surface area contributed by atoms with E-state index in [1.165, 1.54) is 69.0 Å². The molecule has 0 atom stereocenters. The van der Waals surface area contributed by atoms with E-state index < -0.39 is 0 Å². The summed E-state index contributed by atoms with van der Waals surface area (Å²) in [5.41, 5.74) is 7.45. The Bertz CT molecular complexity index is 3230. The van der Waals surface area contributed by atoms with E-state index >= 15 is 0 Å². The van der Waals surface area contributed by atoms with Crippen LogP contribution in [0, 0.1) is 0 Å². The van der Waals surface area contributed by atoms with Crippen molar-refractivity contribution in [3.05, 3.63) is 182 Å². The normalized spacial score (nSPS) is 11.8. The predicted molar refractivity (Wildman–Crippen MR) is 227 cm³/mol. The predicted octanol–water partition coefficient (Wildman–Crippen LogP) is 14.1. The zero-order chi connectivity index (χ0) is 34.9. The quantitative estimate of drug-likeness (QED) is 0.136. The summed E-state index contributed by atoms with van der Waals surface area (Å²) in [7, 11) is 0. The minimum atomic E-state index is 0.716. The van der Waals surface area contributed by atoms with Crippen molar-refractivity contribution in [1.82, 2.24) is 9.97 Å². The lowest BCUT2D eigenvalue weighted by Crippen LogP contribution is -1.97. The van der Waals surface area contributed by atoms with E-state index in [9.17, 15) is 0 Å². The first-order chi connectivity index (χ1) is 26.3. The zero-order valence-electron chi connectivity index (χ0n) is 28.6. The third kappa shape index (κ3) is 4.86.